The second-order valence-electron chi connectivity index (χ2n) is 9.16. The molecule has 2 atom stereocenters. The minimum Gasteiger partial charge on any atom is -0.486 e. The standard InChI is InChI=1S/C27H30N4O3/c32-26(22-7-4-12-28-22)25(21-11-10-19-5-1-2-6-20(19)29-21)31-15-13-30(14-16-31)23-8-3-9-24-27(23)34-18-17-33-24/h1-9,12,21,25,28-29H,10-11,13-18H2. The molecular weight excluding hydrogens is 428 g/mol. The van der Waals surface area contributed by atoms with E-state index in [2.05, 4.69) is 50.4 Å². The number of para-hydroxylation sites is 2. The zero-order chi connectivity index (χ0) is 22.9. The van der Waals surface area contributed by atoms with Crippen molar-refractivity contribution in [2.75, 3.05) is 49.6 Å². The maximum absolute atomic E-state index is 13.7. The number of hydrogen-bond donors (Lipinski definition) is 2. The van der Waals surface area contributed by atoms with Gasteiger partial charge < -0.3 is 24.7 Å². The number of aromatic nitrogens is 1. The number of hydrogen-bond acceptors (Lipinski definition) is 6. The van der Waals surface area contributed by atoms with E-state index in [0.717, 1.165) is 61.9 Å². The van der Waals surface area contributed by atoms with Crippen LogP contribution in [-0.2, 0) is 6.42 Å². The molecule has 7 nitrogen and oxygen atoms in total. The second kappa shape index (κ2) is 9.06. The first-order valence-electron chi connectivity index (χ1n) is 12.2. The van der Waals surface area contributed by atoms with Gasteiger partial charge in [-0.3, -0.25) is 9.69 Å². The number of nitrogens with zero attached hydrogens (tertiary/aromatic N) is 2. The monoisotopic (exact) mass is 458 g/mol. The van der Waals surface area contributed by atoms with Crippen LogP contribution in [0.5, 0.6) is 11.5 Å². The zero-order valence-corrected chi connectivity index (χ0v) is 19.2. The molecule has 3 aliphatic heterocycles. The van der Waals surface area contributed by atoms with Gasteiger partial charge in [-0.15, -0.1) is 0 Å². The minimum atomic E-state index is -0.224. The van der Waals surface area contributed by atoms with Crippen LogP contribution in [0.2, 0.25) is 0 Å². The number of carbonyl (C=O) groups is 1. The normalized spacial score (nSPS) is 20.8. The highest BCUT2D eigenvalue weighted by Crippen LogP contribution is 2.40. The van der Waals surface area contributed by atoms with Crippen molar-refractivity contribution in [3.8, 4) is 11.5 Å². The van der Waals surface area contributed by atoms with E-state index < -0.39 is 0 Å². The van der Waals surface area contributed by atoms with Gasteiger partial charge in [0.05, 0.1) is 17.4 Å². The van der Waals surface area contributed by atoms with Gasteiger partial charge in [0.15, 0.2) is 17.3 Å². The van der Waals surface area contributed by atoms with E-state index in [1.807, 2.05) is 30.5 Å². The largest absolute Gasteiger partial charge is 0.486 e. The maximum Gasteiger partial charge on any atom is 0.198 e. The van der Waals surface area contributed by atoms with Crippen LogP contribution in [0, 0.1) is 0 Å². The summed E-state index contributed by atoms with van der Waals surface area (Å²) in [6.07, 6.45) is 3.74. The molecule has 3 aliphatic rings. The molecule has 1 saturated heterocycles. The molecule has 1 fully saturated rings. The molecule has 2 aromatic carbocycles. The number of aromatic amines is 1. The molecule has 2 N–H and O–H groups in total. The number of benzene rings is 2. The molecule has 7 heteroatoms. The number of fused-ring (bicyclic) bond motifs is 2. The average molecular weight is 459 g/mol. The lowest BCUT2D eigenvalue weighted by Gasteiger charge is -2.44. The Balaban J connectivity index is 1.23. The molecule has 0 radical (unpaired) electrons. The number of Topliss-reactive ketones (excluding diaryl/α,β-unsaturated/α-hetero) is 1. The smallest absolute Gasteiger partial charge is 0.198 e. The van der Waals surface area contributed by atoms with E-state index in [-0.39, 0.29) is 17.9 Å². The number of piperazine rings is 1. The Morgan fingerprint density at radius 3 is 2.65 bits per heavy atom. The third-order valence-corrected chi connectivity index (χ3v) is 7.19. The van der Waals surface area contributed by atoms with Crippen molar-refractivity contribution in [2.45, 2.75) is 24.9 Å². The highest BCUT2D eigenvalue weighted by Gasteiger charge is 2.38. The first-order valence-corrected chi connectivity index (χ1v) is 12.2. The van der Waals surface area contributed by atoms with E-state index in [9.17, 15) is 4.79 Å². The fraction of sp³-hybridized carbons (Fsp3) is 0.370. The van der Waals surface area contributed by atoms with Crippen LogP contribution in [-0.4, -0.2) is 67.1 Å². The number of ether oxygens (including phenoxy) is 2. The predicted octanol–water partition coefficient (Wildman–Crippen LogP) is 3.59. The molecule has 1 aromatic heterocycles. The molecule has 4 heterocycles. The molecule has 34 heavy (non-hydrogen) atoms. The van der Waals surface area contributed by atoms with Gasteiger partial charge >= 0.3 is 0 Å². The molecule has 176 valence electrons. The van der Waals surface area contributed by atoms with Gasteiger partial charge in [0, 0.05) is 44.1 Å². The third kappa shape index (κ3) is 3.90. The Morgan fingerprint density at radius 1 is 0.941 bits per heavy atom. The number of anilines is 2. The quantitative estimate of drug-likeness (QED) is 0.570. The van der Waals surface area contributed by atoms with Gasteiger partial charge in [-0.1, -0.05) is 24.3 Å². The van der Waals surface area contributed by atoms with E-state index in [1.165, 1.54) is 5.56 Å². The molecule has 0 saturated carbocycles. The van der Waals surface area contributed by atoms with Gasteiger partial charge in [-0.05, 0) is 48.7 Å². The number of aryl methyl sites for hydroxylation is 1. The fourth-order valence-corrected chi connectivity index (χ4v) is 5.49. The van der Waals surface area contributed by atoms with Crippen LogP contribution < -0.4 is 19.7 Å². The molecule has 0 spiro atoms. The van der Waals surface area contributed by atoms with E-state index in [1.54, 1.807) is 0 Å². The first kappa shape index (κ1) is 21.1. The van der Waals surface area contributed by atoms with Gasteiger partial charge in [-0.25, -0.2) is 0 Å². The van der Waals surface area contributed by atoms with Crippen molar-refractivity contribution in [2.24, 2.45) is 0 Å². The van der Waals surface area contributed by atoms with Gasteiger partial charge in [0.25, 0.3) is 0 Å². The molecule has 3 aromatic rings. The highest BCUT2D eigenvalue weighted by atomic mass is 16.6. The number of nitrogens with one attached hydrogen (secondary N) is 2. The molecular formula is C27H30N4O3. The summed E-state index contributed by atoms with van der Waals surface area (Å²) in [6, 6.07) is 18.1. The number of H-pyrrole nitrogens is 1. The fourth-order valence-electron chi connectivity index (χ4n) is 5.49. The lowest BCUT2D eigenvalue weighted by Crippen LogP contribution is -2.58. The van der Waals surface area contributed by atoms with Gasteiger partial charge in [0.2, 0.25) is 0 Å². The van der Waals surface area contributed by atoms with Crippen molar-refractivity contribution >= 4 is 17.2 Å². The Bertz CT molecular complexity index is 1150. The summed E-state index contributed by atoms with van der Waals surface area (Å²) in [6.45, 7) is 4.44. The van der Waals surface area contributed by atoms with Gasteiger partial charge in [-0.2, -0.15) is 0 Å². The zero-order valence-electron chi connectivity index (χ0n) is 19.2. The Morgan fingerprint density at radius 2 is 1.79 bits per heavy atom. The Hall–Kier alpha value is -3.45. The molecule has 0 amide bonds. The molecule has 0 aliphatic carbocycles. The summed E-state index contributed by atoms with van der Waals surface area (Å²) in [7, 11) is 0. The summed E-state index contributed by atoms with van der Waals surface area (Å²) < 4.78 is 11.7. The highest BCUT2D eigenvalue weighted by molar-refractivity contribution is 5.99. The predicted molar refractivity (Wildman–Crippen MR) is 132 cm³/mol. The summed E-state index contributed by atoms with van der Waals surface area (Å²) in [4.78, 5) is 21.5. The SMILES string of the molecule is O=C(c1ccc[nH]1)C(C1CCc2ccccc2N1)N1CCN(c2cccc3c2OCCO3)CC1. The summed E-state index contributed by atoms with van der Waals surface area (Å²) in [5.74, 6) is 1.81. The maximum atomic E-state index is 13.7. The van der Waals surface area contributed by atoms with E-state index in [0.29, 0.717) is 18.9 Å². The lowest BCUT2D eigenvalue weighted by molar-refractivity contribution is 0.0766. The summed E-state index contributed by atoms with van der Waals surface area (Å²) in [5, 5.41) is 3.69. The van der Waals surface area contributed by atoms with Gasteiger partial charge in [0.1, 0.15) is 13.2 Å². The number of rotatable bonds is 5. The first-order chi connectivity index (χ1) is 16.8. The van der Waals surface area contributed by atoms with Crippen LogP contribution in [0.15, 0.2) is 60.8 Å². The summed E-state index contributed by atoms with van der Waals surface area (Å²) >= 11 is 0. The van der Waals surface area contributed by atoms with Crippen LogP contribution in [0.3, 0.4) is 0 Å². The van der Waals surface area contributed by atoms with Crippen molar-refractivity contribution < 1.29 is 14.3 Å². The Labute approximate surface area is 199 Å². The average Bonchev–Trinajstić information content (AvgIpc) is 3.44. The minimum absolute atomic E-state index is 0.0680. The summed E-state index contributed by atoms with van der Waals surface area (Å²) in [5.41, 5.74) is 4.23. The van der Waals surface area contributed by atoms with E-state index >= 15 is 0 Å². The van der Waals surface area contributed by atoms with Crippen molar-refractivity contribution in [1.82, 2.24) is 9.88 Å². The van der Waals surface area contributed by atoms with E-state index in [4.69, 9.17) is 9.47 Å². The number of ketones is 1. The Kier molecular flexibility index (Phi) is 5.63. The molecule has 6 rings (SSSR count). The molecule has 2 unspecified atom stereocenters. The van der Waals surface area contributed by atoms with Crippen LogP contribution in [0.25, 0.3) is 0 Å². The van der Waals surface area contributed by atoms with Crippen LogP contribution in [0.1, 0.15) is 22.5 Å². The van der Waals surface area contributed by atoms with Crippen LogP contribution >= 0.6 is 0 Å². The van der Waals surface area contributed by atoms with Crippen molar-refractivity contribution in [3.63, 3.8) is 0 Å². The third-order valence-electron chi connectivity index (χ3n) is 7.19. The van der Waals surface area contributed by atoms with Crippen molar-refractivity contribution in [3.05, 3.63) is 72.1 Å². The molecule has 0 bridgehead atoms. The number of carbonyl (C=O) groups excluding carboxylic acids is 1. The van der Waals surface area contributed by atoms with Crippen molar-refractivity contribution in [1.29, 1.82) is 0 Å². The van der Waals surface area contributed by atoms with Crippen LogP contribution in [0.4, 0.5) is 11.4 Å². The topological polar surface area (TPSA) is 69.8 Å². The second-order valence-corrected chi connectivity index (χ2v) is 9.16. The lowest BCUT2D eigenvalue weighted by atomic mass is 9.89.